The average molecular weight is 318 g/mol. The Balaban J connectivity index is 1.93. The summed E-state index contributed by atoms with van der Waals surface area (Å²) < 4.78 is 6.28. The van der Waals surface area contributed by atoms with E-state index in [0.717, 1.165) is 36.3 Å². The van der Waals surface area contributed by atoms with Crippen molar-refractivity contribution in [2.24, 2.45) is 0 Å². The van der Waals surface area contributed by atoms with Crippen LogP contribution >= 0.6 is 11.3 Å². The Morgan fingerprint density at radius 1 is 1.32 bits per heavy atom. The number of thiophene rings is 1. The molecule has 1 saturated heterocycles. The third kappa shape index (κ3) is 3.25. The molecule has 2 heterocycles. The highest BCUT2D eigenvalue weighted by Crippen LogP contribution is 2.34. The van der Waals surface area contributed by atoms with Crippen LogP contribution in [0.5, 0.6) is 0 Å². The van der Waals surface area contributed by atoms with Crippen LogP contribution in [0.3, 0.4) is 0 Å². The summed E-state index contributed by atoms with van der Waals surface area (Å²) in [4.78, 5) is 15.1. The molecule has 0 radical (unpaired) electrons. The van der Waals surface area contributed by atoms with Gasteiger partial charge in [-0.3, -0.25) is 0 Å². The van der Waals surface area contributed by atoms with Crippen molar-refractivity contribution in [2.75, 3.05) is 37.7 Å². The predicted octanol–water partition coefficient (Wildman–Crippen LogP) is 3.27. The van der Waals surface area contributed by atoms with Gasteiger partial charge in [-0.15, -0.1) is 11.3 Å². The van der Waals surface area contributed by atoms with Crippen LogP contribution in [-0.2, 0) is 4.74 Å². The van der Waals surface area contributed by atoms with Gasteiger partial charge >= 0.3 is 5.97 Å². The van der Waals surface area contributed by atoms with Crippen molar-refractivity contribution in [3.63, 3.8) is 0 Å². The molecule has 1 aromatic heterocycles. The first-order valence-electron chi connectivity index (χ1n) is 7.95. The largest absolute Gasteiger partial charge is 0.462 e. The van der Waals surface area contributed by atoms with E-state index in [1.54, 1.807) is 0 Å². The van der Waals surface area contributed by atoms with E-state index in [9.17, 15) is 4.79 Å². The maximum absolute atomic E-state index is 12.0. The second-order valence-corrected chi connectivity index (χ2v) is 6.55. The molecule has 1 aliphatic rings. The SMILES string of the molecule is CCOC(=O)c1cc2c(N3CCCCNCC3)cccc2s1. The van der Waals surface area contributed by atoms with Gasteiger partial charge in [0.25, 0.3) is 0 Å². The molecule has 5 heteroatoms. The van der Waals surface area contributed by atoms with Crippen LogP contribution in [0.25, 0.3) is 10.1 Å². The summed E-state index contributed by atoms with van der Waals surface area (Å²) in [5, 5.41) is 4.63. The molecule has 0 spiro atoms. The standard InChI is InChI=1S/C17H22N2O2S/c1-2-21-17(20)16-12-13-14(6-5-7-15(13)22-16)19-10-4-3-8-18-9-11-19/h5-7,12,18H,2-4,8-11H2,1H3. The highest BCUT2D eigenvalue weighted by molar-refractivity contribution is 7.20. The number of hydrogen-bond acceptors (Lipinski definition) is 5. The lowest BCUT2D eigenvalue weighted by atomic mass is 10.1. The van der Waals surface area contributed by atoms with Gasteiger partial charge in [0.15, 0.2) is 0 Å². The molecule has 2 aromatic rings. The van der Waals surface area contributed by atoms with Crippen molar-refractivity contribution < 1.29 is 9.53 Å². The van der Waals surface area contributed by atoms with Gasteiger partial charge in [-0.25, -0.2) is 4.79 Å². The molecule has 0 saturated carbocycles. The summed E-state index contributed by atoms with van der Waals surface area (Å²) in [7, 11) is 0. The van der Waals surface area contributed by atoms with Gasteiger partial charge in [0, 0.05) is 35.4 Å². The van der Waals surface area contributed by atoms with Gasteiger partial charge in [-0.2, -0.15) is 0 Å². The summed E-state index contributed by atoms with van der Waals surface area (Å²) in [5.41, 5.74) is 1.23. The van der Waals surface area contributed by atoms with E-state index in [1.807, 2.05) is 13.0 Å². The van der Waals surface area contributed by atoms with E-state index in [1.165, 1.54) is 29.9 Å². The molecule has 1 N–H and O–H groups in total. The number of nitrogens with zero attached hydrogens (tertiary/aromatic N) is 1. The topological polar surface area (TPSA) is 41.6 Å². The van der Waals surface area contributed by atoms with Crippen molar-refractivity contribution in [1.29, 1.82) is 0 Å². The average Bonchev–Trinajstić information content (AvgIpc) is 2.91. The fourth-order valence-electron chi connectivity index (χ4n) is 2.87. The summed E-state index contributed by atoms with van der Waals surface area (Å²) in [6, 6.07) is 8.30. The molecule has 0 atom stereocenters. The Labute approximate surface area is 135 Å². The van der Waals surface area contributed by atoms with Crippen LogP contribution in [0.4, 0.5) is 5.69 Å². The highest BCUT2D eigenvalue weighted by atomic mass is 32.1. The van der Waals surface area contributed by atoms with E-state index in [4.69, 9.17) is 4.74 Å². The maximum atomic E-state index is 12.0. The Bertz CT molecular complexity index is 645. The molecule has 0 aliphatic carbocycles. The minimum absolute atomic E-state index is 0.219. The number of esters is 1. The van der Waals surface area contributed by atoms with Crippen molar-refractivity contribution in [2.45, 2.75) is 19.8 Å². The molecule has 3 rings (SSSR count). The summed E-state index contributed by atoms with van der Waals surface area (Å²) in [6.45, 7) is 6.45. The number of ether oxygens (including phenoxy) is 1. The maximum Gasteiger partial charge on any atom is 0.348 e. The Morgan fingerprint density at radius 2 is 2.23 bits per heavy atom. The van der Waals surface area contributed by atoms with E-state index in [2.05, 4.69) is 28.4 Å². The van der Waals surface area contributed by atoms with Crippen LogP contribution in [0.2, 0.25) is 0 Å². The lowest BCUT2D eigenvalue weighted by Crippen LogP contribution is -2.36. The summed E-state index contributed by atoms with van der Waals surface area (Å²) in [6.07, 6.45) is 2.41. The van der Waals surface area contributed by atoms with Crippen molar-refractivity contribution in [1.82, 2.24) is 5.32 Å². The predicted molar refractivity (Wildman–Crippen MR) is 92.1 cm³/mol. The van der Waals surface area contributed by atoms with Crippen LogP contribution in [0.15, 0.2) is 24.3 Å². The zero-order valence-corrected chi connectivity index (χ0v) is 13.7. The van der Waals surface area contributed by atoms with Gasteiger partial charge in [0.05, 0.1) is 6.61 Å². The molecule has 1 fully saturated rings. The number of fused-ring (bicyclic) bond motifs is 1. The molecule has 1 aromatic carbocycles. The molecule has 1 aliphatic heterocycles. The number of benzene rings is 1. The minimum atomic E-state index is -0.219. The molecule has 0 unspecified atom stereocenters. The first-order valence-corrected chi connectivity index (χ1v) is 8.76. The van der Waals surface area contributed by atoms with Gasteiger partial charge < -0.3 is 15.0 Å². The number of carbonyl (C=O) groups is 1. The van der Waals surface area contributed by atoms with Gasteiger partial charge in [-0.05, 0) is 44.5 Å². The number of hydrogen-bond donors (Lipinski definition) is 1. The zero-order valence-electron chi connectivity index (χ0n) is 12.9. The Morgan fingerprint density at radius 3 is 3.09 bits per heavy atom. The van der Waals surface area contributed by atoms with Crippen LogP contribution in [0, 0.1) is 0 Å². The molecular formula is C17H22N2O2S. The molecule has 0 amide bonds. The third-order valence-electron chi connectivity index (χ3n) is 3.95. The highest BCUT2D eigenvalue weighted by Gasteiger charge is 2.16. The summed E-state index contributed by atoms with van der Waals surface area (Å²) >= 11 is 1.52. The number of anilines is 1. The Kier molecular flexibility index (Phi) is 4.95. The quantitative estimate of drug-likeness (QED) is 0.882. The lowest BCUT2D eigenvalue weighted by molar-refractivity contribution is 0.0532. The first kappa shape index (κ1) is 15.3. The molecular weight excluding hydrogens is 296 g/mol. The second kappa shape index (κ2) is 7.11. The lowest BCUT2D eigenvalue weighted by Gasteiger charge is -2.27. The number of nitrogens with one attached hydrogen (secondary N) is 1. The fraction of sp³-hybridized carbons (Fsp3) is 0.471. The van der Waals surface area contributed by atoms with E-state index in [-0.39, 0.29) is 5.97 Å². The number of carbonyl (C=O) groups excluding carboxylic acids is 1. The molecule has 4 nitrogen and oxygen atoms in total. The van der Waals surface area contributed by atoms with E-state index in [0.29, 0.717) is 11.5 Å². The third-order valence-corrected chi connectivity index (χ3v) is 5.03. The van der Waals surface area contributed by atoms with Crippen molar-refractivity contribution >= 4 is 33.1 Å². The van der Waals surface area contributed by atoms with Gasteiger partial charge in [0.1, 0.15) is 4.88 Å². The number of rotatable bonds is 3. The zero-order chi connectivity index (χ0) is 15.4. The van der Waals surface area contributed by atoms with Crippen LogP contribution in [-0.4, -0.2) is 38.8 Å². The fourth-order valence-corrected chi connectivity index (χ4v) is 3.84. The smallest absolute Gasteiger partial charge is 0.348 e. The van der Waals surface area contributed by atoms with Crippen molar-refractivity contribution in [3.05, 3.63) is 29.1 Å². The van der Waals surface area contributed by atoms with Crippen LogP contribution < -0.4 is 10.2 Å². The van der Waals surface area contributed by atoms with E-state index < -0.39 is 0 Å². The van der Waals surface area contributed by atoms with Crippen LogP contribution in [0.1, 0.15) is 29.4 Å². The molecule has 22 heavy (non-hydrogen) atoms. The van der Waals surface area contributed by atoms with Gasteiger partial charge in [-0.1, -0.05) is 6.07 Å². The second-order valence-electron chi connectivity index (χ2n) is 5.46. The monoisotopic (exact) mass is 318 g/mol. The normalized spacial score (nSPS) is 16.3. The summed E-state index contributed by atoms with van der Waals surface area (Å²) in [5.74, 6) is -0.219. The van der Waals surface area contributed by atoms with E-state index >= 15 is 0 Å². The molecule has 0 bridgehead atoms. The first-order chi connectivity index (χ1) is 10.8. The van der Waals surface area contributed by atoms with Gasteiger partial charge in [0.2, 0.25) is 0 Å². The molecule has 118 valence electrons. The Hall–Kier alpha value is -1.59. The van der Waals surface area contributed by atoms with Crippen molar-refractivity contribution in [3.8, 4) is 0 Å². The minimum Gasteiger partial charge on any atom is -0.462 e.